The summed E-state index contributed by atoms with van der Waals surface area (Å²) >= 11 is 6.04. The second-order valence-corrected chi connectivity index (χ2v) is 7.61. The van der Waals surface area contributed by atoms with Crippen LogP contribution in [0.1, 0.15) is 37.7 Å². The van der Waals surface area contributed by atoms with E-state index in [1.807, 2.05) is 24.4 Å². The van der Waals surface area contributed by atoms with Crippen molar-refractivity contribution < 1.29 is 14.7 Å². The number of carbonyl (C=O) groups is 2. The van der Waals surface area contributed by atoms with Gasteiger partial charge in [-0.1, -0.05) is 30.9 Å². The highest BCUT2D eigenvalue weighted by Crippen LogP contribution is 2.26. The molecule has 0 radical (unpaired) electrons. The maximum Gasteiger partial charge on any atom is 0.309 e. The van der Waals surface area contributed by atoms with E-state index in [2.05, 4.69) is 15.6 Å². The third-order valence-corrected chi connectivity index (χ3v) is 5.58. The van der Waals surface area contributed by atoms with Crippen LogP contribution in [-0.4, -0.2) is 41.1 Å². The van der Waals surface area contributed by atoms with Crippen molar-refractivity contribution in [1.29, 1.82) is 0 Å². The first kappa shape index (κ1) is 19.7. The van der Waals surface area contributed by atoms with Crippen LogP contribution >= 0.6 is 11.6 Å². The Labute approximate surface area is 163 Å². The summed E-state index contributed by atoms with van der Waals surface area (Å²) in [6.45, 7) is 0.207. The fourth-order valence-corrected chi connectivity index (χ4v) is 4.00. The summed E-state index contributed by atoms with van der Waals surface area (Å²) in [7, 11) is 0. The number of amides is 2. The molecule has 7 heteroatoms. The first-order valence-electron chi connectivity index (χ1n) is 9.53. The highest BCUT2D eigenvalue weighted by atomic mass is 35.5. The summed E-state index contributed by atoms with van der Waals surface area (Å²) in [6, 6.07) is 5.26. The maximum absolute atomic E-state index is 12.1. The Hall–Kier alpha value is -2.05. The maximum atomic E-state index is 12.1. The average Bonchev–Trinajstić information content (AvgIpc) is 3.08. The molecule has 0 bridgehead atoms. The molecule has 1 fully saturated rings. The summed E-state index contributed by atoms with van der Waals surface area (Å²) < 4.78 is 0. The summed E-state index contributed by atoms with van der Waals surface area (Å²) in [5, 5.41) is 16.6. The topological polar surface area (TPSA) is 94.2 Å². The van der Waals surface area contributed by atoms with E-state index in [1.165, 1.54) is 6.42 Å². The van der Waals surface area contributed by atoms with Gasteiger partial charge in [-0.3, -0.25) is 9.59 Å². The third kappa shape index (κ3) is 5.02. The number of benzene rings is 1. The van der Waals surface area contributed by atoms with Gasteiger partial charge >= 0.3 is 11.8 Å². The Kier molecular flexibility index (Phi) is 6.74. The van der Waals surface area contributed by atoms with E-state index < -0.39 is 11.8 Å². The van der Waals surface area contributed by atoms with Gasteiger partial charge in [0.1, 0.15) is 0 Å². The van der Waals surface area contributed by atoms with Crippen LogP contribution in [0.3, 0.4) is 0 Å². The number of aromatic nitrogens is 1. The van der Waals surface area contributed by atoms with Gasteiger partial charge in [0.25, 0.3) is 0 Å². The van der Waals surface area contributed by atoms with Gasteiger partial charge in [-0.05, 0) is 48.9 Å². The van der Waals surface area contributed by atoms with Crippen molar-refractivity contribution in [3.63, 3.8) is 0 Å². The Morgan fingerprint density at radius 3 is 2.74 bits per heavy atom. The fraction of sp³-hybridized carbons (Fsp3) is 0.500. The smallest absolute Gasteiger partial charge is 0.309 e. The third-order valence-electron chi connectivity index (χ3n) is 5.35. The van der Waals surface area contributed by atoms with Gasteiger partial charge < -0.3 is 20.7 Å². The number of aromatic amines is 1. The number of rotatable bonds is 6. The largest absolute Gasteiger partial charge is 0.394 e. The number of halogens is 1. The highest BCUT2D eigenvalue weighted by molar-refractivity contribution is 6.35. The lowest BCUT2D eigenvalue weighted by Gasteiger charge is -2.29. The molecule has 2 aromatic rings. The molecule has 1 aromatic heterocycles. The second kappa shape index (κ2) is 9.24. The monoisotopic (exact) mass is 391 g/mol. The molecule has 3 rings (SSSR count). The van der Waals surface area contributed by atoms with Crippen LogP contribution in [0.4, 0.5) is 0 Å². The van der Waals surface area contributed by atoms with Gasteiger partial charge in [-0.25, -0.2) is 0 Å². The lowest BCUT2D eigenvalue weighted by molar-refractivity contribution is -0.140. The Bertz CT molecular complexity index is 799. The van der Waals surface area contributed by atoms with Gasteiger partial charge in [-0.2, -0.15) is 0 Å². The van der Waals surface area contributed by atoms with E-state index in [4.69, 9.17) is 11.6 Å². The SMILES string of the molecule is O=C(NCCc1c[nH]c2ccc(Cl)cc12)C(=O)NC(CO)C1CCCCC1. The number of aliphatic hydroxyl groups excluding tert-OH is 1. The number of hydrogen-bond acceptors (Lipinski definition) is 3. The molecule has 27 heavy (non-hydrogen) atoms. The molecule has 2 amide bonds. The molecule has 0 spiro atoms. The Morgan fingerprint density at radius 2 is 2.00 bits per heavy atom. The lowest BCUT2D eigenvalue weighted by Crippen LogP contribution is -2.49. The van der Waals surface area contributed by atoms with Crippen molar-refractivity contribution in [2.75, 3.05) is 13.2 Å². The van der Waals surface area contributed by atoms with Crippen molar-refractivity contribution in [2.45, 2.75) is 44.6 Å². The quantitative estimate of drug-likeness (QED) is 0.570. The van der Waals surface area contributed by atoms with Gasteiger partial charge in [0.05, 0.1) is 12.6 Å². The zero-order valence-electron chi connectivity index (χ0n) is 15.3. The molecule has 146 valence electrons. The summed E-state index contributed by atoms with van der Waals surface area (Å²) in [6.07, 6.45) is 7.86. The zero-order valence-corrected chi connectivity index (χ0v) is 16.0. The number of H-pyrrole nitrogens is 1. The van der Waals surface area contributed by atoms with Crippen molar-refractivity contribution in [3.8, 4) is 0 Å². The summed E-state index contributed by atoms with van der Waals surface area (Å²) in [5.41, 5.74) is 2.01. The minimum absolute atomic E-state index is 0.139. The second-order valence-electron chi connectivity index (χ2n) is 7.17. The lowest BCUT2D eigenvalue weighted by atomic mass is 9.84. The van der Waals surface area contributed by atoms with E-state index in [1.54, 1.807) is 0 Å². The van der Waals surface area contributed by atoms with E-state index in [0.29, 0.717) is 18.0 Å². The molecular weight excluding hydrogens is 366 g/mol. The van der Waals surface area contributed by atoms with Crippen LogP contribution in [0.15, 0.2) is 24.4 Å². The molecule has 1 aromatic carbocycles. The van der Waals surface area contributed by atoms with Crippen molar-refractivity contribution in [3.05, 3.63) is 35.0 Å². The van der Waals surface area contributed by atoms with E-state index in [-0.39, 0.29) is 18.6 Å². The molecule has 1 atom stereocenters. The number of fused-ring (bicyclic) bond motifs is 1. The van der Waals surface area contributed by atoms with Crippen LogP contribution in [0.5, 0.6) is 0 Å². The molecule has 4 N–H and O–H groups in total. The summed E-state index contributed by atoms with van der Waals surface area (Å²) in [5.74, 6) is -1.10. The minimum atomic E-state index is -0.679. The molecule has 6 nitrogen and oxygen atoms in total. The van der Waals surface area contributed by atoms with Crippen LogP contribution < -0.4 is 10.6 Å². The standard InChI is InChI=1S/C20H26ClN3O3/c21-15-6-7-17-16(10-15)14(11-23-17)8-9-22-19(26)20(27)24-18(12-25)13-4-2-1-3-5-13/h6-7,10-11,13,18,23,25H,1-5,8-9,12H2,(H,22,26)(H,24,27). The molecule has 0 saturated heterocycles. The number of aliphatic hydroxyl groups is 1. The normalized spacial score (nSPS) is 16.2. The van der Waals surface area contributed by atoms with Crippen molar-refractivity contribution in [1.82, 2.24) is 15.6 Å². The average molecular weight is 392 g/mol. The zero-order chi connectivity index (χ0) is 19.2. The molecule has 1 aliphatic rings. The van der Waals surface area contributed by atoms with Crippen LogP contribution in [0.2, 0.25) is 5.02 Å². The Morgan fingerprint density at radius 1 is 1.22 bits per heavy atom. The predicted octanol–water partition coefficient (Wildman–Crippen LogP) is 2.54. The fourth-order valence-electron chi connectivity index (χ4n) is 3.83. The highest BCUT2D eigenvalue weighted by Gasteiger charge is 2.26. The summed E-state index contributed by atoms with van der Waals surface area (Å²) in [4.78, 5) is 27.4. The number of carbonyl (C=O) groups excluding carboxylic acids is 2. The molecule has 1 saturated carbocycles. The van der Waals surface area contributed by atoms with Gasteiger partial charge in [0, 0.05) is 28.7 Å². The van der Waals surface area contributed by atoms with Crippen LogP contribution in [0.25, 0.3) is 10.9 Å². The molecule has 0 aliphatic heterocycles. The first-order valence-corrected chi connectivity index (χ1v) is 9.91. The molecule has 1 unspecified atom stereocenters. The number of hydrogen-bond donors (Lipinski definition) is 4. The van der Waals surface area contributed by atoms with Crippen molar-refractivity contribution >= 4 is 34.3 Å². The molecule has 1 heterocycles. The van der Waals surface area contributed by atoms with Crippen LogP contribution in [0, 0.1) is 5.92 Å². The Balaban J connectivity index is 1.49. The van der Waals surface area contributed by atoms with Gasteiger partial charge in [0.2, 0.25) is 0 Å². The van der Waals surface area contributed by atoms with Gasteiger partial charge in [-0.15, -0.1) is 0 Å². The van der Waals surface area contributed by atoms with E-state index >= 15 is 0 Å². The number of nitrogens with one attached hydrogen (secondary N) is 3. The molecular formula is C20H26ClN3O3. The van der Waals surface area contributed by atoms with E-state index in [9.17, 15) is 14.7 Å². The predicted molar refractivity (Wildman–Crippen MR) is 106 cm³/mol. The molecule has 1 aliphatic carbocycles. The van der Waals surface area contributed by atoms with Crippen molar-refractivity contribution in [2.24, 2.45) is 5.92 Å². The van der Waals surface area contributed by atoms with E-state index in [0.717, 1.165) is 42.1 Å². The first-order chi connectivity index (χ1) is 13.1. The minimum Gasteiger partial charge on any atom is -0.394 e. The van der Waals surface area contributed by atoms with Gasteiger partial charge in [0.15, 0.2) is 0 Å². The van der Waals surface area contributed by atoms with Crippen LogP contribution in [-0.2, 0) is 16.0 Å².